The summed E-state index contributed by atoms with van der Waals surface area (Å²) >= 11 is 0. The second-order valence-corrected chi connectivity index (χ2v) is 4.11. The predicted molar refractivity (Wildman–Crippen MR) is 61.2 cm³/mol. The Balaban J connectivity index is 2.21. The van der Waals surface area contributed by atoms with E-state index in [0.29, 0.717) is 11.7 Å². The molecule has 1 aliphatic heterocycles. The largest absolute Gasteiger partial charge is 0.508 e. The van der Waals surface area contributed by atoms with E-state index in [0.717, 1.165) is 18.5 Å². The molecule has 15 heavy (non-hydrogen) atoms. The van der Waals surface area contributed by atoms with E-state index in [1.807, 2.05) is 18.2 Å². The molecule has 0 atom stereocenters. The van der Waals surface area contributed by atoms with Gasteiger partial charge in [-0.15, -0.1) is 0 Å². The van der Waals surface area contributed by atoms with Crippen LogP contribution in [0.25, 0.3) is 10.8 Å². The molecule has 0 spiro atoms. The molecule has 3 rings (SSSR count). The van der Waals surface area contributed by atoms with Gasteiger partial charge in [-0.05, 0) is 28.5 Å². The molecule has 0 bridgehead atoms. The molecule has 0 amide bonds. The molecule has 0 aromatic heterocycles. The lowest BCUT2D eigenvalue weighted by Gasteiger charge is -2.28. The number of hydrogen-bond acceptors (Lipinski definition) is 2. The second-order valence-electron chi connectivity index (χ2n) is 4.11. The zero-order valence-corrected chi connectivity index (χ0v) is 8.40. The van der Waals surface area contributed by atoms with Crippen LogP contribution in [0.4, 0.5) is 0 Å². The SMILES string of the molecule is Oc1ccc2c(C3CNC3)cccc2c1. The van der Waals surface area contributed by atoms with Crippen LogP contribution in [0.1, 0.15) is 11.5 Å². The molecule has 76 valence electrons. The smallest absolute Gasteiger partial charge is 0.116 e. The van der Waals surface area contributed by atoms with Crippen LogP contribution in [0.2, 0.25) is 0 Å². The van der Waals surface area contributed by atoms with Gasteiger partial charge in [0.25, 0.3) is 0 Å². The van der Waals surface area contributed by atoms with E-state index in [2.05, 4.69) is 17.4 Å². The van der Waals surface area contributed by atoms with E-state index in [-0.39, 0.29) is 0 Å². The Hall–Kier alpha value is -1.54. The van der Waals surface area contributed by atoms with E-state index < -0.39 is 0 Å². The van der Waals surface area contributed by atoms with Crippen LogP contribution in [0.5, 0.6) is 5.75 Å². The van der Waals surface area contributed by atoms with E-state index in [4.69, 9.17) is 0 Å². The molecule has 2 aromatic carbocycles. The highest BCUT2D eigenvalue weighted by atomic mass is 16.3. The Morgan fingerprint density at radius 3 is 2.73 bits per heavy atom. The molecule has 2 heteroatoms. The normalized spacial score (nSPS) is 16.5. The summed E-state index contributed by atoms with van der Waals surface area (Å²) < 4.78 is 0. The van der Waals surface area contributed by atoms with Gasteiger partial charge in [-0.2, -0.15) is 0 Å². The third kappa shape index (κ3) is 1.38. The topological polar surface area (TPSA) is 32.3 Å². The first-order valence-corrected chi connectivity index (χ1v) is 5.27. The van der Waals surface area contributed by atoms with Crippen LogP contribution in [0.3, 0.4) is 0 Å². The first-order chi connectivity index (χ1) is 7.34. The Morgan fingerprint density at radius 1 is 1.13 bits per heavy atom. The van der Waals surface area contributed by atoms with Crippen molar-refractivity contribution in [2.45, 2.75) is 5.92 Å². The van der Waals surface area contributed by atoms with Crippen molar-refractivity contribution in [3.63, 3.8) is 0 Å². The van der Waals surface area contributed by atoms with Gasteiger partial charge in [-0.3, -0.25) is 0 Å². The first-order valence-electron chi connectivity index (χ1n) is 5.27. The minimum Gasteiger partial charge on any atom is -0.508 e. The lowest BCUT2D eigenvalue weighted by molar-refractivity contribution is 0.450. The summed E-state index contributed by atoms with van der Waals surface area (Å²) in [6.07, 6.45) is 0. The molecule has 2 aromatic rings. The lowest BCUT2D eigenvalue weighted by atomic mass is 9.89. The number of hydrogen-bond donors (Lipinski definition) is 2. The Morgan fingerprint density at radius 2 is 2.00 bits per heavy atom. The van der Waals surface area contributed by atoms with Crippen LogP contribution in [-0.2, 0) is 0 Å². The standard InChI is InChI=1S/C13H13NO/c15-11-4-5-13-9(6-11)2-1-3-12(13)10-7-14-8-10/h1-6,10,14-15H,7-8H2. The van der Waals surface area contributed by atoms with Crippen molar-refractivity contribution in [3.8, 4) is 5.75 Å². The fourth-order valence-corrected chi connectivity index (χ4v) is 2.16. The maximum Gasteiger partial charge on any atom is 0.116 e. The van der Waals surface area contributed by atoms with Crippen molar-refractivity contribution in [2.75, 3.05) is 13.1 Å². The van der Waals surface area contributed by atoms with Crippen molar-refractivity contribution >= 4 is 10.8 Å². The highest BCUT2D eigenvalue weighted by molar-refractivity contribution is 5.87. The third-order valence-corrected chi connectivity index (χ3v) is 3.12. The number of nitrogens with one attached hydrogen (secondary N) is 1. The fourth-order valence-electron chi connectivity index (χ4n) is 2.16. The van der Waals surface area contributed by atoms with Crippen LogP contribution in [-0.4, -0.2) is 18.2 Å². The lowest BCUT2D eigenvalue weighted by Crippen LogP contribution is -2.39. The molecular formula is C13H13NO. The van der Waals surface area contributed by atoms with Crippen LogP contribution in [0, 0.1) is 0 Å². The zero-order valence-electron chi connectivity index (χ0n) is 8.40. The molecule has 0 unspecified atom stereocenters. The summed E-state index contributed by atoms with van der Waals surface area (Å²) in [6.45, 7) is 2.14. The zero-order chi connectivity index (χ0) is 10.3. The van der Waals surface area contributed by atoms with Gasteiger partial charge in [0.1, 0.15) is 5.75 Å². The summed E-state index contributed by atoms with van der Waals surface area (Å²) in [7, 11) is 0. The molecule has 0 aliphatic carbocycles. The van der Waals surface area contributed by atoms with Gasteiger partial charge in [-0.1, -0.05) is 24.3 Å². The average Bonchev–Trinajstić information content (AvgIpc) is 2.15. The summed E-state index contributed by atoms with van der Waals surface area (Å²) in [6, 6.07) is 11.9. The van der Waals surface area contributed by atoms with Crippen molar-refractivity contribution in [1.29, 1.82) is 0 Å². The molecule has 1 aliphatic rings. The molecule has 1 saturated heterocycles. The quantitative estimate of drug-likeness (QED) is 0.738. The molecule has 2 N–H and O–H groups in total. The van der Waals surface area contributed by atoms with Gasteiger partial charge in [0.05, 0.1) is 0 Å². The molecular weight excluding hydrogens is 186 g/mol. The highest BCUT2D eigenvalue weighted by Gasteiger charge is 2.20. The van der Waals surface area contributed by atoms with Crippen LogP contribution >= 0.6 is 0 Å². The summed E-state index contributed by atoms with van der Waals surface area (Å²) in [5.74, 6) is 0.977. The van der Waals surface area contributed by atoms with Crippen molar-refractivity contribution < 1.29 is 5.11 Å². The van der Waals surface area contributed by atoms with Gasteiger partial charge in [-0.25, -0.2) is 0 Å². The number of aromatic hydroxyl groups is 1. The number of phenols is 1. The Labute approximate surface area is 88.5 Å². The van der Waals surface area contributed by atoms with E-state index >= 15 is 0 Å². The minimum atomic E-state index is 0.339. The summed E-state index contributed by atoms with van der Waals surface area (Å²) in [5.41, 5.74) is 1.39. The second kappa shape index (κ2) is 3.24. The summed E-state index contributed by atoms with van der Waals surface area (Å²) in [5, 5.41) is 15.1. The van der Waals surface area contributed by atoms with Gasteiger partial charge >= 0.3 is 0 Å². The van der Waals surface area contributed by atoms with E-state index in [1.54, 1.807) is 6.07 Å². The monoisotopic (exact) mass is 199 g/mol. The van der Waals surface area contributed by atoms with Gasteiger partial charge in [0.2, 0.25) is 0 Å². The maximum absolute atomic E-state index is 9.42. The van der Waals surface area contributed by atoms with Crippen LogP contribution in [0.15, 0.2) is 36.4 Å². The van der Waals surface area contributed by atoms with Gasteiger partial charge in [0, 0.05) is 19.0 Å². The predicted octanol–water partition coefficient (Wildman–Crippen LogP) is 2.23. The van der Waals surface area contributed by atoms with Gasteiger partial charge < -0.3 is 10.4 Å². The van der Waals surface area contributed by atoms with Crippen molar-refractivity contribution in [1.82, 2.24) is 5.32 Å². The molecule has 0 radical (unpaired) electrons. The van der Waals surface area contributed by atoms with E-state index in [9.17, 15) is 5.11 Å². The highest BCUT2D eigenvalue weighted by Crippen LogP contribution is 2.29. The third-order valence-electron chi connectivity index (χ3n) is 3.12. The van der Waals surface area contributed by atoms with Crippen molar-refractivity contribution in [2.24, 2.45) is 0 Å². The number of benzene rings is 2. The van der Waals surface area contributed by atoms with Crippen molar-refractivity contribution in [3.05, 3.63) is 42.0 Å². The maximum atomic E-state index is 9.42. The van der Waals surface area contributed by atoms with E-state index in [1.165, 1.54) is 10.9 Å². The summed E-state index contributed by atoms with van der Waals surface area (Å²) in [4.78, 5) is 0. The first kappa shape index (κ1) is 8.74. The number of rotatable bonds is 1. The average molecular weight is 199 g/mol. The fraction of sp³-hybridized carbons (Fsp3) is 0.231. The Bertz CT molecular complexity index is 503. The van der Waals surface area contributed by atoms with Gasteiger partial charge in [0.15, 0.2) is 0 Å². The number of fused-ring (bicyclic) bond motifs is 1. The molecule has 1 fully saturated rings. The number of phenolic OH excluding ortho intramolecular Hbond substituents is 1. The Kier molecular flexibility index (Phi) is 1.89. The molecule has 0 saturated carbocycles. The minimum absolute atomic E-state index is 0.339. The molecule has 2 nitrogen and oxygen atoms in total. The van der Waals surface area contributed by atoms with Crippen LogP contribution < -0.4 is 5.32 Å². The molecule has 1 heterocycles.